The molecule has 0 aromatic rings. The number of nitrogens with zero attached hydrogens (tertiary/aromatic N) is 1. The number of unbranched alkanes of at least 4 members (excludes halogenated alkanes) is 16. The van der Waals surface area contributed by atoms with Crippen LogP contribution in [0.1, 0.15) is 272 Å². The largest absolute Gasteiger partial charge is 0.303 e. The summed E-state index contributed by atoms with van der Waals surface area (Å²) in [6, 6.07) is 0. The predicted molar refractivity (Wildman–Crippen MR) is 271 cm³/mol. The van der Waals surface area contributed by atoms with Crippen LogP contribution in [0.4, 0.5) is 0 Å². The van der Waals surface area contributed by atoms with Crippen molar-refractivity contribution in [3.8, 4) is 0 Å². The van der Waals surface area contributed by atoms with E-state index >= 15 is 0 Å². The molecule has 1 aliphatic heterocycles. The third-order valence-corrected chi connectivity index (χ3v) is 18.5. The summed E-state index contributed by atoms with van der Waals surface area (Å²) in [5.41, 5.74) is 3.11. The minimum Gasteiger partial charge on any atom is -0.303 e. The summed E-state index contributed by atoms with van der Waals surface area (Å²) in [6.45, 7) is 16.8. The van der Waals surface area contributed by atoms with Gasteiger partial charge >= 0.3 is 0 Å². The summed E-state index contributed by atoms with van der Waals surface area (Å²) in [6.07, 6.45) is 66.0. The van der Waals surface area contributed by atoms with Crippen molar-refractivity contribution in [1.82, 2.24) is 4.90 Å². The number of piperidine rings is 1. The van der Waals surface area contributed by atoms with E-state index in [1.54, 1.807) is 6.42 Å². The molecule has 61 heavy (non-hydrogen) atoms. The molecule has 4 aliphatic carbocycles. The summed E-state index contributed by atoms with van der Waals surface area (Å²) in [5, 5.41) is 0. The molecule has 0 N–H and O–H groups in total. The van der Waals surface area contributed by atoms with Gasteiger partial charge in [0.05, 0.1) is 0 Å². The zero-order valence-electron chi connectivity index (χ0n) is 42.2. The Morgan fingerprint density at radius 2 is 1.25 bits per heavy atom. The topological polar surface area (TPSA) is 3.24 Å². The fourth-order valence-corrected chi connectivity index (χ4v) is 14.5. The van der Waals surface area contributed by atoms with Crippen molar-refractivity contribution in [2.75, 3.05) is 19.6 Å². The molecule has 0 aromatic carbocycles. The predicted octanol–water partition coefficient (Wildman–Crippen LogP) is 19.2. The first kappa shape index (κ1) is 51.2. The van der Waals surface area contributed by atoms with E-state index in [2.05, 4.69) is 69.9 Å². The summed E-state index contributed by atoms with van der Waals surface area (Å²) in [5.74, 6) is 6.81. The second-order valence-corrected chi connectivity index (χ2v) is 23.5. The Bertz CT molecular complexity index is 1220. The molecule has 1 nitrogen and oxygen atoms in total. The molecule has 5 rings (SSSR count). The first-order chi connectivity index (χ1) is 29.8. The van der Waals surface area contributed by atoms with E-state index < -0.39 is 0 Å². The van der Waals surface area contributed by atoms with Gasteiger partial charge in [0.15, 0.2) is 0 Å². The van der Waals surface area contributed by atoms with Crippen LogP contribution in [0.3, 0.4) is 0 Å². The van der Waals surface area contributed by atoms with Crippen LogP contribution in [0, 0.1) is 52.3 Å². The lowest BCUT2D eigenvalue weighted by atomic mass is 9.46. The number of hydrogen-bond acceptors (Lipinski definition) is 1. The van der Waals surface area contributed by atoms with E-state index in [-0.39, 0.29) is 0 Å². The van der Waals surface area contributed by atoms with Crippen LogP contribution in [0.2, 0.25) is 0 Å². The van der Waals surface area contributed by atoms with E-state index in [0.717, 1.165) is 47.8 Å². The average Bonchev–Trinajstić information content (AvgIpc) is 3.60. The molecule has 7 unspecified atom stereocenters. The quantitative estimate of drug-likeness (QED) is 0.0482. The lowest BCUT2D eigenvalue weighted by molar-refractivity contribution is -0.0458. The first-order valence-electron chi connectivity index (χ1n) is 28.5. The van der Waals surface area contributed by atoms with Gasteiger partial charge in [-0.1, -0.05) is 193 Å². The lowest BCUT2D eigenvalue weighted by Crippen LogP contribution is -2.50. The van der Waals surface area contributed by atoms with Gasteiger partial charge in [0.25, 0.3) is 0 Å². The highest BCUT2D eigenvalue weighted by atomic mass is 15.1. The first-order valence-corrected chi connectivity index (χ1v) is 28.5. The van der Waals surface area contributed by atoms with Gasteiger partial charge in [-0.15, -0.1) is 0 Å². The number of allylic oxidation sites excluding steroid dienone is 6. The fourth-order valence-electron chi connectivity index (χ4n) is 14.5. The zero-order valence-corrected chi connectivity index (χ0v) is 42.2. The Balaban J connectivity index is 0.902. The van der Waals surface area contributed by atoms with E-state index in [4.69, 9.17) is 0 Å². The highest BCUT2D eigenvalue weighted by Gasteiger charge is 2.58. The maximum atomic E-state index is 2.85. The molecule has 8 atom stereocenters. The summed E-state index contributed by atoms with van der Waals surface area (Å²) >= 11 is 0. The molecule has 1 saturated heterocycles. The van der Waals surface area contributed by atoms with Crippen LogP contribution in [0.5, 0.6) is 0 Å². The Morgan fingerprint density at radius 1 is 0.623 bits per heavy atom. The molecule has 0 bridgehead atoms. The van der Waals surface area contributed by atoms with Crippen molar-refractivity contribution in [2.45, 2.75) is 272 Å². The number of likely N-dealkylation sites (tertiary alicyclic amines) is 1. The van der Waals surface area contributed by atoms with Gasteiger partial charge in [-0.25, -0.2) is 0 Å². The van der Waals surface area contributed by atoms with E-state index in [9.17, 15) is 0 Å². The Labute approximate surface area is 383 Å². The zero-order chi connectivity index (χ0) is 43.0. The second-order valence-electron chi connectivity index (χ2n) is 23.5. The van der Waals surface area contributed by atoms with Crippen LogP contribution in [0.15, 0.2) is 36.0 Å². The lowest BCUT2D eigenvalue weighted by Gasteiger charge is -2.58. The molecule has 0 aromatic heterocycles. The number of hydrogen-bond donors (Lipinski definition) is 0. The van der Waals surface area contributed by atoms with Gasteiger partial charge in [-0.05, 0) is 181 Å². The van der Waals surface area contributed by atoms with Crippen molar-refractivity contribution < 1.29 is 0 Å². The normalized spacial score (nSPS) is 29.9. The minimum absolute atomic E-state index is 0.531. The summed E-state index contributed by atoms with van der Waals surface area (Å²) in [7, 11) is 0. The maximum Gasteiger partial charge on any atom is 0.000965 e. The molecule has 4 fully saturated rings. The smallest absolute Gasteiger partial charge is 0.000965 e. The Hall–Kier alpha value is -0.820. The van der Waals surface area contributed by atoms with Crippen molar-refractivity contribution in [3.63, 3.8) is 0 Å². The van der Waals surface area contributed by atoms with Gasteiger partial charge in [0.1, 0.15) is 0 Å². The molecule has 3 saturated carbocycles. The maximum absolute atomic E-state index is 2.85. The van der Waals surface area contributed by atoms with Crippen molar-refractivity contribution in [1.29, 1.82) is 0 Å². The van der Waals surface area contributed by atoms with Crippen LogP contribution in [-0.2, 0) is 0 Å². The molecule has 0 amide bonds. The standard InChI is InChI=1S/C60H107N/c1-6-7-8-9-10-11-12-13-14-15-16-17-18-19-20-21-23-28-36-53(50-61-47-32-26-33-48-61)37-29-25-22-24-27-35-52-43-45-60(5)55(49-52)39-41-56-57-42-40-54(38-31-30-34-51(2)3)59(57,4)46-44-58(56)60/h10-11,13-14,39,51-54,56-58H,6-9,12,15-38,40-50H2,1-5H3/b11-10-,14-13-/t52-,53?,54?,56?,57?,58?,59?,60?/m0/s1. The summed E-state index contributed by atoms with van der Waals surface area (Å²) in [4.78, 5) is 2.85. The van der Waals surface area contributed by atoms with Crippen LogP contribution in [-0.4, -0.2) is 24.5 Å². The van der Waals surface area contributed by atoms with Gasteiger partial charge in [-0.3, -0.25) is 0 Å². The van der Waals surface area contributed by atoms with Gasteiger partial charge in [0, 0.05) is 6.54 Å². The highest BCUT2D eigenvalue weighted by molar-refractivity contribution is 5.25. The number of fused-ring (bicyclic) bond motifs is 5. The van der Waals surface area contributed by atoms with Gasteiger partial charge < -0.3 is 4.90 Å². The molecule has 0 radical (unpaired) electrons. The van der Waals surface area contributed by atoms with E-state index in [1.807, 2.05) is 5.57 Å². The second kappa shape index (κ2) is 29.0. The monoisotopic (exact) mass is 842 g/mol. The van der Waals surface area contributed by atoms with Crippen molar-refractivity contribution >= 4 is 0 Å². The van der Waals surface area contributed by atoms with Crippen LogP contribution < -0.4 is 0 Å². The van der Waals surface area contributed by atoms with Crippen LogP contribution in [0.25, 0.3) is 0 Å². The third kappa shape index (κ3) is 17.2. The SMILES string of the molecule is CCCCC/C=C\C/C=C\CCCCCCCCCCC(CCCCCCC[C@H]1CCC2(C)C(=CCC3C2CCC2(C)C(CCCCC(C)C)CCC32)C1)CN1CCCCC1. The molecule has 5 aliphatic rings. The van der Waals surface area contributed by atoms with Gasteiger partial charge in [0.2, 0.25) is 0 Å². The van der Waals surface area contributed by atoms with E-state index in [1.165, 1.54) is 244 Å². The summed E-state index contributed by atoms with van der Waals surface area (Å²) < 4.78 is 0. The highest BCUT2D eigenvalue weighted by Crippen LogP contribution is 2.67. The van der Waals surface area contributed by atoms with Gasteiger partial charge in [-0.2, -0.15) is 0 Å². The average molecular weight is 843 g/mol. The molecule has 1 heteroatoms. The number of rotatable bonds is 32. The molecule has 0 spiro atoms. The fraction of sp³-hybridized carbons (Fsp3) is 0.900. The molecular formula is C60H107N. The van der Waals surface area contributed by atoms with Crippen LogP contribution >= 0.6 is 0 Å². The minimum atomic E-state index is 0.531. The molecule has 1 heterocycles. The third-order valence-electron chi connectivity index (χ3n) is 18.5. The molecular weight excluding hydrogens is 735 g/mol. The van der Waals surface area contributed by atoms with Crippen molar-refractivity contribution in [2.24, 2.45) is 52.3 Å². The Kier molecular flexibility index (Phi) is 24.3. The Morgan fingerprint density at radius 3 is 1.93 bits per heavy atom. The van der Waals surface area contributed by atoms with Crippen molar-refractivity contribution in [3.05, 3.63) is 36.0 Å². The molecule has 352 valence electrons. The van der Waals surface area contributed by atoms with E-state index in [0.29, 0.717) is 10.8 Å².